The van der Waals surface area contributed by atoms with Crippen LogP contribution in [0.5, 0.6) is 0 Å². The molecule has 0 aliphatic rings. The smallest absolute Gasteiger partial charge is 0.164 e. The lowest BCUT2D eigenvalue weighted by Crippen LogP contribution is -2.00. The van der Waals surface area contributed by atoms with Crippen molar-refractivity contribution in [1.29, 1.82) is 0 Å². The fourth-order valence-corrected chi connectivity index (χ4v) is 6.01. The minimum Gasteiger partial charge on any atom is -0.455 e. The van der Waals surface area contributed by atoms with E-state index in [4.69, 9.17) is 33.1 Å². The van der Waals surface area contributed by atoms with Gasteiger partial charge in [0, 0.05) is 33.0 Å². The molecule has 0 aliphatic carbocycles. The first kappa shape index (κ1) is 19.9. The summed E-state index contributed by atoms with van der Waals surface area (Å²) in [5, 5.41) is 0.859. The van der Waals surface area contributed by atoms with Gasteiger partial charge in [0.2, 0.25) is 0 Å². The molecule has 49 heavy (non-hydrogen) atoms. The maximum Gasteiger partial charge on any atom is 0.164 e. The molecular weight excluding hydrogens is 599 g/mol. The molecule has 4 heteroatoms. The molecule has 0 saturated heterocycles. The maximum absolute atomic E-state index is 8.89. The van der Waals surface area contributed by atoms with Crippen LogP contribution >= 0.6 is 0 Å². The van der Waals surface area contributed by atoms with E-state index in [1.165, 1.54) is 6.07 Å². The predicted octanol–water partition coefficient (Wildman–Crippen LogP) is 11.8. The van der Waals surface area contributed by atoms with Crippen LogP contribution < -0.4 is 0 Å². The van der Waals surface area contributed by atoms with Crippen molar-refractivity contribution < 1.29 is 18.1 Å². The zero-order chi connectivity index (χ0) is 41.3. The second kappa shape index (κ2) is 12.2. The van der Waals surface area contributed by atoms with Gasteiger partial charge in [-0.25, -0.2) is 15.0 Å². The molecule has 2 heterocycles. The lowest BCUT2D eigenvalue weighted by atomic mass is 9.95. The molecule has 2 aromatic heterocycles. The summed E-state index contributed by atoms with van der Waals surface area (Å²) in [6.07, 6.45) is 0. The van der Waals surface area contributed by atoms with Crippen LogP contribution in [0.25, 0.3) is 89.5 Å². The summed E-state index contributed by atoms with van der Waals surface area (Å²) in [6.45, 7) is 0. The first-order valence-electron chi connectivity index (χ1n) is 20.5. The van der Waals surface area contributed by atoms with E-state index in [0.29, 0.717) is 33.6 Å². The van der Waals surface area contributed by atoms with Crippen LogP contribution in [0.3, 0.4) is 0 Å². The van der Waals surface area contributed by atoms with Crippen molar-refractivity contribution >= 4 is 21.9 Å². The number of hydrogen-bond acceptors (Lipinski definition) is 4. The molecule has 0 radical (unpaired) electrons. The van der Waals surface area contributed by atoms with Gasteiger partial charge in [0.15, 0.2) is 17.5 Å². The van der Waals surface area contributed by atoms with Crippen molar-refractivity contribution in [3.05, 3.63) is 176 Å². The van der Waals surface area contributed by atoms with Crippen molar-refractivity contribution in [3.63, 3.8) is 0 Å². The van der Waals surface area contributed by atoms with Crippen molar-refractivity contribution in [3.8, 4) is 67.5 Å². The third kappa shape index (κ3) is 5.35. The highest BCUT2D eigenvalue weighted by atomic mass is 16.3. The molecular formula is C45H29N3O. The summed E-state index contributed by atoms with van der Waals surface area (Å²) in [7, 11) is 0. The molecule has 7 aromatic carbocycles. The molecule has 4 nitrogen and oxygen atoms in total. The molecule has 0 atom stereocenters. The van der Waals surface area contributed by atoms with Gasteiger partial charge in [-0.1, -0.05) is 157 Å². The molecule has 0 fully saturated rings. The Kier molecular flexibility index (Phi) is 4.94. The summed E-state index contributed by atoms with van der Waals surface area (Å²) in [5.74, 6) is 1.09. The fourth-order valence-electron chi connectivity index (χ4n) is 6.01. The van der Waals surface area contributed by atoms with Crippen molar-refractivity contribution in [2.24, 2.45) is 0 Å². The maximum atomic E-state index is 8.89. The number of aromatic nitrogens is 3. The van der Waals surface area contributed by atoms with Crippen LogP contribution in [0.15, 0.2) is 180 Å². The molecule has 0 N–H and O–H groups in total. The minimum atomic E-state index is -0.580. The molecule has 9 aromatic rings. The van der Waals surface area contributed by atoms with Gasteiger partial charge < -0.3 is 4.42 Å². The van der Waals surface area contributed by atoms with Crippen LogP contribution in [-0.4, -0.2) is 15.0 Å². The van der Waals surface area contributed by atoms with Gasteiger partial charge in [-0.2, -0.15) is 0 Å². The van der Waals surface area contributed by atoms with Gasteiger partial charge in [0.05, 0.1) is 13.7 Å². The number of rotatable bonds is 6. The van der Waals surface area contributed by atoms with Gasteiger partial charge in [-0.3, -0.25) is 0 Å². The van der Waals surface area contributed by atoms with E-state index < -0.39 is 60.4 Å². The van der Waals surface area contributed by atoms with Crippen molar-refractivity contribution in [1.82, 2.24) is 15.0 Å². The molecule has 0 aliphatic heterocycles. The lowest BCUT2D eigenvalue weighted by molar-refractivity contribution is 0.670. The highest BCUT2D eigenvalue weighted by Crippen LogP contribution is 2.42. The lowest BCUT2D eigenvalue weighted by Gasteiger charge is -2.10. The number of furan rings is 1. The standard InChI is InChI=1S/C45H29N3O/c1-5-14-30(15-6-1)32-24-26-35(27-25-32)44-46-43(34-20-11-4-12-21-34)47-45(48-44)37-22-13-23-40-41(37)39-29-36(31-16-7-2-8-17-31)28-38(42(39)49-40)33-18-9-3-10-19-33/h1-29H/i2D,3D,7D,8D,9D,10D,16D,17D,18D,19D. The summed E-state index contributed by atoms with van der Waals surface area (Å²) < 4.78 is 92.2. The molecule has 0 bridgehead atoms. The zero-order valence-electron chi connectivity index (χ0n) is 35.7. The molecule has 9 rings (SSSR count). The molecule has 0 unspecified atom stereocenters. The Morgan fingerprint density at radius 2 is 0.959 bits per heavy atom. The Labute approximate surface area is 298 Å². The number of fused-ring (bicyclic) bond motifs is 3. The quantitative estimate of drug-likeness (QED) is 0.182. The van der Waals surface area contributed by atoms with Gasteiger partial charge in [0.25, 0.3) is 0 Å². The third-order valence-corrected chi connectivity index (χ3v) is 8.31. The second-order valence-electron chi connectivity index (χ2n) is 11.3. The Hall–Kier alpha value is -6.65. The van der Waals surface area contributed by atoms with Crippen molar-refractivity contribution in [2.45, 2.75) is 0 Å². The van der Waals surface area contributed by atoms with Crippen LogP contribution in [0, 0.1) is 0 Å². The van der Waals surface area contributed by atoms with Gasteiger partial charge >= 0.3 is 0 Å². The minimum absolute atomic E-state index is 0.0725. The molecule has 0 spiro atoms. The van der Waals surface area contributed by atoms with Gasteiger partial charge in [0.1, 0.15) is 11.2 Å². The van der Waals surface area contributed by atoms with Crippen LogP contribution in [-0.2, 0) is 0 Å². The van der Waals surface area contributed by atoms with E-state index in [9.17, 15) is 0 Å². The normalized spacial score (nSPS) is 14.1. The van der Waals surface area contributed by atoms with Gasteiger partial charge in [-0.05, 0) is 46.0 Å². The van der Waals surface area contributed by atoms with E-state index in [0.717, 1.165) is 22.3 Å². The Bertz CT molecular complexity index is 3100. The monoisotopic (exact) mass is 637 g/mol. The molecule has 0 amide bonds. The second-order valence-corrected chi connectivity index (χ2v) is 11.3. The largest absolute Gasteiger partial charge is 0.455 e. The van der Waals surface area contributed by atoms with E-state index in [1.807, 2.05) is 91.0 Å². The fraction of sp³-hybridized carbons (Fsp3) is 0. The van der Waals surface area contributed by atoms with Gasteiger partial charge in [-0.15, -0.1) is 0 Å². The van der Waals surface area contributed by atoms with E-state index in [2.05, 4.69) is 0 Å². The SMILES string of the molecule is [2H]c1c([2H])c([2H])c(-c2cc(-c3c([2H])c([2H])c([2H])c([2H])c3[2H])c3oc4cccc(-c5nc(-c6ccccc6)nc(-c6ccc(-c7ccccc7)cc6)n5)c4c3c2)c([2H])c1[2H]. The van der Waals surface area contributed by atoms with Crippen LogP contribution in [0.4, 0.5) is 0 Å². The van der Waals surface area contributed by atoms with E-state index >= 15 is 0 Å². The Balaban J connectivity index is 1.35. The first-order chi connectivity index (χ1) is 28.4. The Morgan fingerprint density at radius 3 is 1.63 bits per heavy atom. The predicted molar refractivity (Wildman–Crippen MR) is 200 cm³/mol. The van der Waals surface area contributed by atoms with E-state index in [-0.39, 0.29) is 33.7 Å². The third-order valence-electron chi connectivity index (χ3n) is 8.31. The number of hydrogen-bond donors (Lipinski definition) is 0. The highest BCUT2D eigenvalue weighted by Gasteiger charge is 2.21. The zero-order valence-corrected chi connectivity index (χ0v) is 25.7. The Morgan fingerprint density at radius 1 is 0.408 bits per heavy atom. The molecule has 0 saturated carbocycles. The summed E-state index contributed by atoms with van der Waals surface area (Å²) in [4.78, 5) is 14.9. The summed E-state index contributed by atoms with van der Waals surface area (Å²) in [6, 6.07) is 30.4. The number of benzene rings is 7. The van der Waals surface area contributed by atoms with Crippen LogP contribution in [0.2, 0.25) is 0 Å². The average molecular weight is 638 g/mol. The molecule has 230 valence electrons. The van der Waals surface area contributed by atoms with E-state index in [1.54, 1.807) is 18.2 Å². The van der Waals surface area contributed by atoms with Crippen molar-refractivity contribution in [2.75, 3.05) is 0 Å². The summed E-state index contributed by atoms with van der Waals surface area (Å²) >= 11 is 0. The van der Waals surface area contributed by atoms with Crippen LogP contribution in [0.1, 0.15) is 13.7 Å². The topological polar surface area (TPSA) is 51.8 Å². The average Bonchev–Trinajstić information content (AvgIpc) is 3.66. The number of nitrogens with zero attached hydrogens (tertiary/aromatic N) is 3. The summed E-state index contributed by atoms with van der Waals surface area (Å²) in [5.41, 5.74) is 4.48. The highest BCUT2D eigenvalue weighted by molar-refractivity contribution is 6.16. The first-order valence-corrected chi connectivity index (χ1v) is 15.5.